The van der Waals surface area contributed by atoms with E-state index >= 15 is 0 Å². The molecule has 0 aromatic rings. The van der Waals surface area contributed by atoms with Crippen LogP contribution in [-0.4, -0.2) is 37.2 Å². The lowest BCUT2D eigenvalue weighted by Crippen LogP contribution is -2.30. The van der Waals surface area contributed by atoms with E-state index in [4.69, 9.17) is 14.2 Å². The van der Waals surface area contributed by atoms with Crippen LogP contribution in [0.25, 0.3) is 0 Å². The molecule has 0 fully saturated rings. The lowest BCUT2D eigenvalue weighted by molar-refractivity contribution is -0.166. The Morgan fingerprint density at radius 3 is 0.827 bits per heavy atom. The van der Waals surface area contributed by atoms with Crippen molar-refractivity contribution >= 4 is 17.9 Å². The normalized spacial score (nSPS) is 12.5. The number of hydrogen-bond acceptors (Lipinski definition) is 6. The highest BCUT2D eigenvalue weighted by atomic mass is 16.6. The molecule has 0 N–H and O–H groups in total. The van der Waals surface area contributed by atoms with Crippen molar-refractivity contribution in [2.45, 2.75) is 374 Å². The van der Waals surface area contributed by atoms with Crippen LogP contribution in [0.5, 0.6) is 0 Å². The predicted molar refractivity (Wildman–Crippen MR) is 353 cm³/mol. The maximum Gasteiger partial charge on any atom is 0.306 e. The third-order valence-corrected chi connectivity index (χ3v) is 15.7. The van der Waals surface area contributed by atoms with Gasteiger partial charge in [-0.2, -0.15) is 0 Å². The third-order valence-electron chi connectivity index (χ3n) is 15.7. The topological polar surface area (TPSA) is 78.9 Å². The largest absolute Gasteiger partial charge is 0.462 e. The summed E-state index contributed by atoms with van der Waals surface area (Å²) in [6.07, 6.45) is 91.1. The second-order valence-corrected chi connectivity index (χ2v) is 23.8. The Bertz CT molecular complexity index is 1490. The van der Waals surface area contributed by atoms with Gasteiger partial charge < -0.3 is 14.2 Å². The van der Waals surface area contributed by atoms with Gasteiger partial charge in [-0.1, -0.05) is 325 Å². The van der Waals surface area contributed by atoms with Crippen LogP contribution in [0, 0.1) is 0 Å². The number of carbonyl (C=O) groups excluding carboxylic acids is 3. The lowest BCUT2D eigenvalue weighted by Gasteiger charge is -2.18. The fourth-order valence-corrected chi connectivity index (χ4v) is 10.4. The Morgan fingerprint density at radius 2 is 0.506 bits per heavy atom. The number of allylic oxidation sites excluding steroid dienone is 12. The number of hydrogen-bond donors (Lipinski definition) is 0. The van der Waals surface area contributed by atoms with Gasteiger partial charge in [0, 0.05) is 19.3 Å². The molecule has 0 aliphatic rings. The zero-order valence-electron chi connectivity index (χ0n) is 54.1. The molecule has 1 unspecified atom stereocenters. The summed E-state index contributed by atoms with van der Waals surface area (Å²) in [4.78, 5) is 38.3. The van der Waals surface area contributed by atoms with Gasteiger partial charge in [0.2, 0.25) is 0 Å². The second kappa shape index (κ2) is 69.3. The molecule has 6 nitrogen and oxygen atoms in total. The number of carbonyl (C=O) groups is 3. The van der Waals surface area contributed by atoms with Gasteiger partial charge in [-0.3, -0.25) is 14.4 Å². The fourth-order valence-electron chi connectivity index (χ4n) is 10.4. The molecule has 0 saturated carbocycles. The molecule has 1 atom stereocenters. The number of esters is 3. The molecule has 0 spiro atoms. The Labute approximate surface area is 503 Å². The minimum atomic E-state index is -0.805. The first-order valence-corrected chi connectivity index (χ1v) is 35.4. The van der Waals surface area contributed by atoms with Gasteiger partial charge in [0.15, 0.2) is 6.10 Å². The average molecular weight is 1130 g/mol. The summed E-state index contributed by atoms with van der Waals surface area (Å²) < 4.78 is 16.9. The van der Waals surface area contributed by atoms with Gasteiger partial charge in [-0.15, -0.1) is 0 Å². The fraction of sp³-hybridized carbons (Fsp3) is 0.800. The van der Waals surface area contributed by atoms with Gasteiger partial charge in [0.1, 0.15) is 13.2 Å². The molecule has 6 heteroatoms. The van der Waals surface area contributed by atoms with Gasteiger partial charge in [-0.05, 0) is 96.3 Å². The molecule has 0 radical (unpaired) electrons. The van der Waals surface area contributed by atoms with E-state index in [1.165, 1.54) is 257 Å². The Kier molecular flexibility index (Phi) is 66.6. The van der Waals surface area contributed by atoms with E-state index in [1.807, 2.05) is 6.08 Å². The van der Waals surface area contributed by atoms with E-state index in [0.29, 0.717) is 19.3 Å². The maximum absolute atomic E-state index is 12.9. The third kappa shape index (κ3) is 67.5. The first-order chi connectivity index (χ1) is 40.0. The van der Waals surface area contributed by atoms with E-state index in [9.17, 15) is 14.4 Å². The Hall–Kier alpha value is -3.15. The van der Waals surface area contributed by atoms with Crippen molar-refractivity contribution in [3.63, 3.8) is 0 Å². The van der Waals surface area contributed by atoms with Crippen molar-refractivity contribution in [3.05, 3.63) is 72.9 Å². The SMILES string of the molecule is CC/C=C\C/C=C\C/C=C\C/C=C\CCC(=O)OCC(COC(=O)CCCCCCCCCCCCCCCCCCCCC/C=C\CCCCCCCCCC)OC(=O)CCCCCCCCCCC/C=C\CCCCCCCC. The predicted octanol–water partition coefficient (Wildman–Crippen LogP) is 24.4. The summed E-state index contributed by atoms with van der Waals surface area (Å²) >= 11 is 0. The molecule has 0 saturated heterocycles. The molecule has 0 aliphatic heterocycles. The molecule has 81 heavy (non-hydrogen) atoms. The van der Waals surface area contributed by atoms with Gasteiger partial charge in [-0.25, -0.2) is 0 Å². The molecular formula is C75H134O6. The quantitative estimate of drug-likeness (QED) is 0.0261. The summed E-state index contributed by atoms with van der Waals surface area (Å²) in [5, 5.41) is 0. The van der Waals surface area contributed by atoms with Crippen molar-refractivity contribution in [2.75, 3.05) is 13.2 Å². The Balaban J connectivity index is 4.20. The zero-order chi connectivity index (χ0) is 58.5. The van der Waals surface area contributed by atoms with Crippen LogP contribution >= 0.6 is 0 Å². The molecule has 0 aromatic carbocycles. The lowest BCUT2D eigenvalue weighted by atomic mass is 10.0. The molecule has 0 rings (SSSR count). The van der Waals surface area contributed by atoms with Crippen molar-refractivity contribution in [3.8, 4) is 0 Å². The molecule has 0 heterocycles. The van der Waals surface area contributed by atoms with E-state index in [-0.39, 0.29) is 37.5 Å². The maximum atomic E-state index is 12.9. The van der Waals surface area contributed by atoms with E-state index in [0.717, 1.165) is 64.2 Å². The van der Waals surface area contributed by atoms with Crippen molar-refractivity contribution in [1.29, 1.82) is 0 Å². The molecular weight excluding hydrogens is 997 g/mol. The van der Waals surface area contributed by atoms with Crippen molar-refractivity contribution in [2.24, 2.45) is 0 Å². The monoisotopic (exact) mass is 1130 g/mol. The number of ether oxygens (including phenoxy) is 3. The summed E-state index contributed by atoms with van der Waals surface area (Å²) in [5.74, 6) is -0.964. The molecule has 0 aliphatic carbocycles. The van der Waals surface area contributed by atoms with Crippen LogP contribution in [0.3, 0.4) is 0 Å². The van der Waals surface area contributed by atoms with Crippen molar-refractivity contribution in [1.82, 2.24) is 0 Å². The first-order valence-electron chi connectivity index (χ1n) is 35.4. The number of unbranched alkanes of at least 4 members (excludes halogenated alkanes) is 42. The zero-order valence-corrected chi connectivity index (χ0v) is 54.1. The average Bonchev–Trinajstić information content (AvgIpc) is 3.46. The van der Waals surface area contributed by atoms with Crippen LogP contribution in [0.2, 0.25) is 0 Å². The summed E-state index contributed by atoms with van der Waals surface area (Å²) in [5.41, 5.74) is 0. The summed E-state index contributed by atoms with van der Waals surface area (Å²) in [7, 11) is 0. The minimum Gasteiger partial charge on any atom is -0.462 e. The summed E-state index contributed by atoms with van der Waals surface area (Å²) in [6, 6.07) is 0. The molecule has 0 bridgehead atoms. The van der Waals surface area contributed by atoms with Crippen LogP contribution in [0.15, 0.2) is 72.9 Å². The van der Waals surface area contributed by atoms with E-state index in [2.05, 4.69) is 87.6 Å². The standard InChI is InChI=1S/C75H134O6/c1-4-7-10-13-16-19-22-25-27-29-31-32-33-34-35-36-37-38-39-40-41-42-44-45-47-50-53-56-59-62-65-68-74(77)80-71-72(70-79-73(76)67-64-61-58-55-52-49-24-21-18-15-12-9-6-3)81-75(78)69-66-63-60-57-54-51-48-46-43-30-28-26-23-20-17-14-11-8-5-2/h9,12,18,21,26,28-29,31,49,52,58,61,72H,4-8,10-11,13-17,19-20,22-25,27,30,32-48,50-51,53-57,59-60,62-71H2,1-3H3/b12-9-,21-18-,28-26-,31-29-,52-49-,61-58-. The molecule has 0 amide bonds. The minimum absolute atomic E-state index is 0.0950. The second-order valence-electron chi connectivity index (χ2n) is 23.8. The van der Waals surface area contributed by atoms with Crippen LogP contribution in [0.4, 0.5) is 0 Å². The van der Waals surface area contributed by atoms with Gasteiger partial charge in [0.25, 0.3) is 0 Å². The molecule has 470 valence electrons. The van der Waals surface area contributed by atoms with Crippen molar-refractivity contribution < 1.29 is 28.6 Å². The molecule has 0 aromatic heterocycles. The first kappa shape index (κ1) is 77.9. The highest BCUT2D eigenvalue weighted by Crippen LogP contribution is 2.18. The summed E-state index contributed by atoms with van der Waals surface area (Å²) in [6.45, 7) is 6.51. The van der Waals surface area contributed by atoms with E-state index < -0.39 is 6.10 Å². The Morgan fingerprint density at radius 1 is 0.259 bits per heavy atom. The van der Waals surface area contributed by atoms with Gasteiger partial charge in [0.05, 0.1) is 0 Å². The smallest absolute Gasteiger partial charge is 0.306 e. The van der Waals surface area contributed by atoms with Crippen LogP contribution in [-0.2, 0) is 28.6 Å². The number of rotatable bonds is 65. The van der Waals surface area contributed by atoms with E-state index in [1.54, 1.807) is 0 Å². The van der Waals surface area contributed by atoms with Crippen LogP contribution in [0.1, 0.15) is 367 Å². The van der Waals surface area contributed by atoms with Gasteiger partial charge >= 0.3 is 17.9 Å². The highest BCUT2D eigenvalue weighted by Gasteiger charge is 2.19. The van der Waals surface area contributed by atoms with Crippen LogP contribution < -0.4 is 0 Å². The highest BCUT2D eigenvalue weighted by molar-refractivity contribution is 5.71.